The first-order chi connectivity index (χ1) is 20.8. The van der Waals surface area contributed by atoms with Gasteiger partial charge in [-0.1, -0.05) is 36.4 Å². The number of nitro benzene ring substituents is 1. The fourth-order valence-electron chi connectivity index (χ4n) is 5.24. The van der Waals surface area contributed by atoms with Crippen molar-refractivity contribution in [3.63, 3.8) is 0 Å². The van der Waals surface area contributed by atoms with Crippen LogP contribution in [0, 0.1) is 10.1 Å². The number of rotatable bonds is 12. The number of nitrogens with zero attached hydrogens (tertiary/aromatic N) is 4. The van der Waals surface area contributed by atoms with Gasteiger partial charge in [-0.3, -0.25) is 14.9 Å². The average molecular weight is 583 g/mol. The van der Waals surface area contributed by atoms with Gasteiger partial charge >= 0.3 is 5.97 Å². The number of pyridine rings is 1. The van der Waals surface area contributed by atoms with Crippen molar-refractivity contribution >= 4 is 39.4 Å². The number of likely N-dealkylation sites (N-methyl/N-ethyl adjacent to an activating group) is 1. The number of carbonyl (C=O) groups excluding carboxylic acids is 1. The van der Waals surface area contributed by atoms with Crippen LogP contribution < -0.4 is 4.74 Å². The first kappa shape index (κ1) is 29.2. The Morgan fingerprint density at radius 3 is 2.40 bits per heavy atom. The largest absolute Gasteiger partial charge is 0.477 e. The van der Waals surface area contributed by atoms with E-state index in [1.54, 1.807) is 17.0 Å². The highest BCUT2D eigenvalue weighted by atomic mass is 16.6. The van der Waals surface area contributed by atoms with Crippen LogP contribution in [0.25, 0.3) is 21.8 Å². The molecule has 0 aliphatic rings. The van der Waals surface area contributed by atoms with Crippen LogP contribution in [-0.4, -0.2) is 56.6 Å². The van der Waals surface area contributed by atoms with E-state index in [4.69, 9.17) is 9.47 Å². The lowest BCUT2D eigenvalue weighted by Gasteiger charge is -2.22. The van der Waals surface area contributed by atoms with Gasteiger partial charge in [-0.15, -0.1) is 0 Å². The lowest BCUT2D eigenvalue weighted by molar-refractivity contribution is -0.384. The Bertz CT molecular complexity index is 1800. The van der Waals surface area contributed by atoms with Gasteiger partial charge in [0.1, 0.15) is 18.0 Å². The van der Waals surface area contributed by atoms with Crippen LogP contribution in [0.1, 0.15) is 28.5 Å². The number of aromatic carboxylic acids is 1. The molecule has 0 saturated carbocycles. The molecule has 0 unspecified atom stereocenters. The molecular weight excluding hydrogens is 552 g/mol. The highest BCUT2D eigenvalue weighted by Crippen LogP contribution is 2.40. The standard InChI is InChI=1S/C32H30N4O7/c1-3-34(17-16-21-8-5-4-6-9-21)28(37)19-35-25-10-7-11-27(43-23-14-12-22(13-15-23)36(40)41)30(25)29-24(20-42-2)31(32(38)39)33-18-26(29)35/h4-15,18H,3,16-17,19-20H2,1-2H3,(H,38,39). The highest BCUT2D eigenvalue weighted by Gasteiger charge is 2.25. The summed E-state index contributed by atoms with van der Waals surface area (Å²) in [7, 11) is 1.47. The second-order valence-electron chi connectivity index (χ2n) is 9.88. The molecule has 220 valence electrons. The van der Waals surface area contributed by atoms with Crippen LogP contribution in [0.2, 0.25) is 0 Å². The lowest BCUT2D eigenvalue weighted by atomic mass is 10.1. The molecule has 0 spiro atoms. The second kappa shape index (κ2) is 12.7. The summed E-state index contributed by atoms with van der Waals surface area (Å²) in [5.41, 5.74) is 2.44. The number of fused-ring (bicyclic) bond motifs is 3. The van der Waals surface area contributed by atoms with Gasteiger partial charge in [0.05, 0.1) is 34.1 Å². The third kappa shape index (κ3) is 6.02. The maximum absolute atomic E-state index is 13.7. The third-order valence-corrected chi connectivity index (χ3v) is 7.30. The number of carbonyl (C=O) groups is 2. The number of non-ortho nitro benzene ring substituents is 1. The van der Waals surface area contributed by atoms with Crippen LogP contribution in [0.4, 0.5) is 5.69 Å². The van der Waals surface area contributed by atoms with E-state index in [1.165, 1.54) is 37.6 Å². The molecule has 0 aliphatic carbocycles. The number of benzene rings is 3. The molecule has 0 atom stereocenters. The quantitative estimate of drug-likeness (QED) is 0.143. The summed E-state index contributed by atoms with van der Waals surface area (Å²) in [6.45, 7) is 2.95. The summed E-state index contributed by atoms with van der Waals surface area (Å²) >= 11 is 0. The van der Waals surface area contributed by atoms with Crippen molar-refractivity contribution in [2.75, 3.05) is 20.2 Å². The molecule has 0 saturated heterocycles. The summed E-state index contributed by atoms with van der Waals surface area (Å²) in [6, 6.07) is 21.0. The number of hydrogen-bond acceptors (Lipinski definition) is 7. The summed E-state index contributed by atoms with van der Waals surface area (Å²) in [5, 5.41) is 22.2. The Morgan fingerprint density at radius 2 is 1.74 bits per heavy atom. The summed E-state index contributed by atoms with van der Waals surface area (Å²) in [4.78, 5) is 42.5. The summed E-state index contributed by atoms with van der Waals surface area (Å²) in [6.07, 6.45) is 2.17. The molecule has 3 aromatic carbocycles. The van der Waals surface area contributed by atoms with Gasteiger partial charge in [-0.2, -0.15) is 0 Å². The van der Waals surface area contributed by atoms with Crippen molar-refractivity contribution in [3.05, 3.63) is 106 Å². The number of aromatic nitrogens is 2. The summed E-state index contributed by atoms with van der Waals surface area (Å²) < 4.78 is 13.4. The van der Waals surface area contributed by atoms with Crippen LogP contribution in [0.3, 0.4) is 0 Å². The van der Waals surface area contributed by atoms with Gasteiger partial charge in [0.2, 0.25) is 5.91 Å². The van der Waals surface area contributed by atoms with Gasteiger partial charge in [0.25, 0.3) is 5.69 Å². The average Bonchev–Trinajstić information content (AvgIpc) is 3.33. The number of methoxy groups -OCH3 is 1. The fraction of sp³-hybridized carbons (Fsp3) is 0.219. The van der Waals surface area contributed by atoms with E-state index in [1.807, 2.05) is 47.9 Å². The molecule has 11 nitrogen and oxygen atoms in total. The van der Waals surface area contributed by atoms with Crippen molar-refractivity contribution in [2.45, 2.75) is 26.5 Å². The van der Waals surface area contributed by atoms with Crippen molar-refractivity contribution < 1.29 is 29.1 Å². The minimum atomic E-state index is -1.21. The Kier molecular flexibility index (Phi) is 8.63. The van der Waals surface area contributed by atoms with E-state index in [0.29, 0.717) is 58.4 Å². The zero-order valence-corrected chi connectivity index (χ0v) is 23.7. The molecule has 2 aromatic heterocycles. The molecule has 0 aliphatic heterocycles. The number of carboxylic acid groups (broad SMARTS) is 1. The van der Waals surface area contributed by atoms with Gasteiger partial charge in [-0.05, 0) is 43.2 Å². The number of carboxylic acids is 1. The van der Waals surface area contributed by atoms with Gasteiger partial charge in [0, 0.05) is 43.3 Å². The molecule has 2 heterocycles. The molecule has 1 N–H and O–H groups in total. The third-order valence-electron chi connectivity index (χ3n) is 7.30. The minimum Gasteiger partial charge on any atom is -0.477 e. The smallest absolute Gasteiger partial charge is 0.354 e. The van der Waals surface area contributed by atoms with Crippen LogP contribution in [-0.2, 0) is 29.1 Å². The number of nitro groups is 1. The predicted octanol–water partition coefficient (Wildman–Crippen LogP) is 5.83. The van der Waals surface area contributed by atoms with Gasteiger partial charge < -0.3 is 24.0 Å². The van der Waals surface area contributed by atoms with E-state index in [2.05, 4.69) is 4.98 Å². The molecule has 5 aromatic rings. The molecule has 11 heteroatoms. The lowest BCUT2D eigenvalue weighted by Crippen LogP contribution is -2.35. The normalized spacial score (nSPS) is 11.1. The highest BCUT2D eigenvalue weighted by molar-refractivity contribution is 6.14. The Balaban J connectivity index is 1.62. The Morgan fingerprint density at radius 1 is 1.00 bits per heavy atom. The van der Waals surface area contributed by atoms with E-state index in [-0.39, 0.29) is 30.4 Å². The minimum absolute atomic E-state index is 0.00979. The molecular formula is C32H30N4O7. The molecule has 43 heavy (non-hydrogen) atoms. The van der Waals surface area contributed by atoms with Gasteiger partial charge in [-0.25, -0.2) is 9.78 Å². The van der Waals surface area contributed by atoms with Crippen molar-refractivity contribution in [2.24, 2.45) is 0 Å². The van der Waals surface area contributed by atoms with E-state index < -0.39 is 10.9 Å². The molecule has 0 radical (unpaired) electrons. The number of amides is 1. The predicted molar refractivity (Wildman–Crippen MR) is 160 cm³/mol. The molecule has 5 rings (SSSR count). The number of ether oxygens (including phenoxy) is 2. The monoisotopic (exact) mass is 582 g/mol. The SMILES string of the molecule is CCN(CCc1ccccc1)C(=O)Cn1c2cccc(Oc3ccc([N+](=O)[O-])cc3)c2c2c(COC)c(C(=O)O)ncc21. The first-order valence-electron chi connectivity index (χ1n) is 13.7. The molecule has 1 amide bonds. The van der Waals surface area contributed by atoms with Crippen LogP contribution in [0.5, 0.6) is 11.5 Å². The Labute approximate surface area is 247 Å². The van der Waals surface area contributed by atoms with E-state index in [0.717, 1.165) is 5.56 Å². The maximum atomic E-state index is 13.7. The second-order valence-corrected chi connectivity index (χ2v) is 9.88. The fourth-order valence-corrected chi connectivity index (χ4v) is 5.24. The topological polar surface area (TPSA) is 137 Å². The molecule has 0 bridgehead atoms. The van der Waals surface area contributed by atoms with Gasteiger partial charge in [0.15, 0.2) is 5.69 Å². The zero-order valence-electron chi connectivity index (χ0n) is 23.7. The Hall–Kier alpha value is -5.29. The van der Waals surface area contributed by atoms with E-state index >= 15 is 0 Å². The number of hydrogen-bond donors (Lipinski definition) is 1. The van der Waals surface area contributed by atoms with Crippen molar-refractivity contribution in [3.8, 4) is 11.5 Å². The van der Waals surface area contributed by atoms with Crippen LogP contribution in [0.15, 0.2) is 79.0 Å². The summed E-state index contributed by atoms with van der Waals surface area (Å²) in [5.74, 6) is -0.569. The van der Waals surface area contributed by atoms with Crippen molar-refractivity contribution in [1.29, 1.82) is 0 Å². The van der Waals surface area contributed by atoms with E-state index in [9.17, 15) is 24.8 Å². The first-order valence-corrected chi connectivity index (χ1v) is 13.7. The zero-order chi connectivity index (χ0) is 30.5. The molecule has 0 fully saturated rings. The maximum Gasteiger partial charge on any atom is 0.354 e. The van der Waals surface area contributed by atoms with Crippen molar-refractivity contribution in [1.82, 2.24) is 14.5 Å². The van der Waals surface area contributed by atoms with Crippen LogP contribution >= 0.6 is 0 Å².